The number of carbonyl (C=O) groups excluding carboxylic acids is 1. The van der Waals surface area contributed by atoms with E-state index in [1.54, 1.807) is 21.7 Å². The molecule has 2 heterocycles. The van der Waals surface area contributed by atoms with Crippen LogP contribution in [0.5, 0.6) is 5.88 Å². The van der Waals surface area contributed by atoms with Crippen LogP contribution >= 0.6 is 0 Å². The third-order valence-corrected chi connectivity index (χ3v) is 4.60. The van der Waals surface area contributed by atoms with Gasteiger partial charge in [-0.1, -0.05) is 24.3 Å². The Kier molecular flexibility index (Phi) is 4.77. The van der Waals surface area contributed by atoms with E-state index in [9.17, 15) is 9.18 Å². The van der Waals surface area contributed by atoms with Crippen molar-refractivity contribution >= 4 is 16.7 Å². The zero-order valence-electron chi connectivity index (χ0n) is 15.0. The Morgan fingerprint density at radius 3 is 2.96 bits per heavy atom. The van der Waals surface area contributed by atoms with Crippen molar-refractivity contribution < 1.29 is 18.7 Å². The number of halogens is 1. The van der Waals surface area contributed by atoms with Crippen molar-refractivity contribution in [2.75, 3.05) is 32.9 Å². The van der Waals surface area contributed by atoms with Crippen LogP contribution in [0.25, 0.3) is 16.5 Å². The maximum absolute atomic E-state index is 14.4. The predicted molar refractivity (Wildman–Crippen MR) is 98.7 cm³/mol. The van der Waals surface area contributed by atoms with E-state index in [1.165, 1.54) is 6.07 Å². The number of amides is 1. The van der Waals surface area contributed by atoms with Gasteiger partial charge in [0, 0.05) is 29.8 Å². The number of aromatic nitrogens is 2. The van der Waals surface area contributed by atoms with Crippen LogP contribution < -0.4 is 4.74 Å². The molecule has 0 radical (unpaired) electrons. The highest BCUT2D eigenvalue weighted by Gasteiger charge is 2.18. The van der Waals surface area contributed by atoms with E-state index < -0.39 is 0 Å². The average molecular weight is 369 g/mol. The molecule has 140 valence electrons. The monoisotopic (exact) mass is 369 g/mol. The van der Waals surface area contributed by atoms with Gasteiger partial charge in [-0.2, -0.15) is 0 Å². The maximum atomic E-state index is 14.4. The maximum Gasteiger partial charge on any atom is 0.248 e. The van der Waals surface area contributed by atoms with Crippen molar-refractivity contribution in [3.63, 3.8) is 0 Å². The molecule has 6 nitrogen and oxygen atoms in total. The molecular weight excluding hydrogens is 349 g/mol. The highest BCUT2D eigenvalue weighted by molar-refractivity contribution is 5.85. The van der Waals surface area contributed by atoms with Gasteiger partial charge in [-0.15, -0.1) is 5.10 Å². The number of ether oxygens (including phenoxy) is 2. The first kappa shape index (κ1) is 17.5. The van der Waals surface area contributed by atoms with Gasteiger partial charge in [0.1, 0.15) is 19.0 Å². The van der Waals surface area contributed by atoms with E-state index in [0.717, 1.165) is 11.1 Å². The Bertz CT molecular complexity index is 986. The smallest absolute Gasteiger partial charge is 0.248 e. The van der Waals surface area contributed by atoms with Gasteiger partial charge < -0.3 is 14.4 Å². The second-order valence-corrected chi connectivity index (χ2v) is 6.47. The van der Waals surface area contributed by atoms with Gasteiger partial charge in [-0.25, -0.2) is 9.07 Å². The highest BCUT2D eigenvalue weighted by atomic mass is 19.1. The minimum atomic E-state index is -0.286. The Morgan fingerprint density at radius 2 is 2.11 bits per heavy atom. The molecule has 1 saturated heterocycles. The first-order valence-corrected chi connectivity index (χ1v) is 8.85. The molecule has 1 amide bonds. The molecule has 27 heavy (non-hydrogen) atoms. The van der Waals surface area contributed by atoms with Crippen LogP contribution in [0.3, 0.4) is 0 Å². The summed E-state index contributed by atoms with van der Waals surface area (Å²) in [6.07, 6.45) is 0. The van der Waals surface area contributed by atoms with E-state index in [0.29, 0.717) is 43.3 Å². The Hall–Kier alpha value is -2.93. The normalized spacial score (nSPS) is 14.7. The highest BCUT2D eigenvalue weighted by Crippen LogP contribution is 2.24. The predicted octanol–water partition coefficient (Wildman–Crippen LogP) is 2.71. The molecular formula is C20H20FN3O3. The number of carbonyl (C=O) groups is 1. The average Bonchev–Trinajstić information content (AvgIpc) is 3.04. The van der Waals surface area contributed by atoms with Gasteiger partial charge in [-0.3, -0.25) is 4.79 Å². The molecule has 0 spiro atoms. The van der Waals surface area contributed by atoms with Gasteiger partial charge in [0.05, 0.1) is 18.8 Å². The lowest BCUT2D eigenvalue weighted by Gasteiger charge is -2.26. The molecule has 1 aromatic heterocycles. The van der Waals surface area contributed by atoms with E-state index >= 15 is 0 Å². The Morgan fingerprint density at radius 1 is 1.26 bits per heavy atom. The fourth-order valence-electron chi connectivity index (χ4n) is 3.20. The second kappa shape index (κ2) is 7.36. The molecule has 0 atom stereocenters. The Balaban J connectivity index is 1.49. The summed E-state index contributed by atoms with van der Waals surface area (Å²) in [4.78, 5) is 13.4. The van der Waals surface area contributed by atoms with Gasteiger partial charge in [0.15, 0.2) is 0 Å². The fraction of sp³-hybridized carbons (Fsp3) is 0.300. The molecule has 0 saturated carbocycles. The fourth-order valence-corrected chi connectivity index (χ4v) is 3.20. The van der Waals surface area contributed by atoms with E-state index in [-0.39, 0.29) is 18.3 Å². The molecule has 1 aliphatic rings. The summed E-state index contributed by atoms with van der Waals surface area (Å²) >= 11 is 0. The lowest BCUT2D eigenvalue weighted by molar-refractivity contribution is -0.143. The first-order chi connectivity index (χ1) is 13.1. The molecule has 2 aromatic carbocycles. The topological polar surface area (TPSA) is 56.6 Å². The van der Waals surface area contributed by atoms with E-state index in [4.69, 9.17) is 9.47 Å². The lowest BCUT2D eigenvalue weighted by Crippen LogP contribution is -2.43. The summed E-state index contributed by atoms with van der Waals surface area (Å²) in [5.74, 6) is 0.131. The number of fused-ring (bicyclic) bond motifs is 1. The van der Waals surface area contributed by atoms with Crippen molar-refractivity contribution in [2.45, 2.75) is 6.92 Å². The summed E-state index contributed by atoms with van der Waals surface area (Å²) in [6, 6.07) is 12.5. The standard InChI is InChI=1S/C20H20FN3O3/c1-14-10-19(27-9-7-23-6-8-26-13-20(23)25)22-24(14)16-11-15-4-2-3-5-17(15)18(21)12-16/h2-5,10-12H,6-9,13H2,1H3. The summed E-state index contributed by atoms with van der Waals surface area (Å²) in [5, 5.41) is 5.83. The number of hydrogen-bond acceptors (Lipinski definition) is 4. The number of rotatable bonds is 5. The summed E-state index contributed by atoms with van der Waals surface area (Å²) in [6.45, 7) is 3.96. The van der Waals surface area contributed by atoms with Crippen molar-refractivity contribution in [2.24, 2.45) is 0 Å². The largest absolute Gasteiger partial charge is 0.475 e. The number of benzene rings is 2. The minimum absolute atomic E-state index is 0.0294. The Labute approximate surface area is 156 Å². The van der Waals surface area contributed by atoms with Crippen LogP contribution in [0.2, 0.25) is 0 Å². The summed E-state index contributed by atoms with van der Waals surface area (Å²) in [7, 11) is 0. The molecule has 0 aliphatic carbocycles. The van der Waals surface area contributed by atoms with Gasteiger partial charge in [-0.05, 0) is 18.4 Å². The molecule has 0 N–H and O–H groups in total. The van der Waals surface area contributed by atoms with Crippen LogP contribution in [0, 0.1) is 12.7 Å². The lowest BCUT2D eigenvalue weighted by atomic mass is 10.1. The molecule has 4 rings (SSSR count). The van der Waals surface area contributed by atoms with Crippen molar-refractivity contribution in [3.8, 4) is 11.6 Å². The molecule has 3 aromatic rings. The second-order valence-electron chi connectivity index (χ2n) is 6.47. The third-order valence-electron chi connectivity index (χ3n) is 4.60. The quantitative estimate of drug-likeness (QED) is 0.694. The summed E-state index contributed by atoms with van der Waals surface area (Å²) < 4.78 is 26.9. The van der Waals surface area contributed by atoms with Crippen molar-refractivity contribution in [1.82, 2.24) is 14.7 Å². The molecule has 7 heteroatoms. The van der Waals surface area contributed by atoms with Crippen LogP contribution in [0.15, 0.2) is 42.5 Å². The van der Waals surface area contributed by atoms with Gasteiger partial charge in [0.2, 0.25) is 11.8 Å². The zero-order chi connectivity index (χ0) is 18.8. The van der Waals surface area contributed by atoms with Crippen LogP contribution in [0.1, 0.15) is 5.69 Å². The molecule has 1 aliphatic heterocycles. The minimum Gasteiger partial charge on any atom is -0.475 e. The van der Waals surface area contributed by atoms with E-state index in [2.05, 4.69) is 5.10 Å². The molecule has 0 bridgehead atoms. The van der Waals surface area contributed by atoms with Crippen molar-refractivity contribution in [1.29, 1.82) is 0 Å². The SMILES string of the molecule is Cc1cc(OCCN2CCOCC2=O)nn1-c1cc(F)c2ccccc2c1. The molecule has 0 unspecified atom stereocenters. The van der Waals surface area contributed by atoms with Crippen LogP contribution in [-0.2, 0) is 9.53 Å². The van der Waals surface area contributed by atoms with E-state index in [1.807, 2.05) is 31.2 Å². The number of morpholine rings is 1. The van der Waals surface area contributed by atoms with Gasteiger partial charge in [0.25, 0.3) is 0 Å². The summed E-state index contributed by atoms with van der Waals surface area (Å²) in [5.41, 5.74) is 1.48. The van der Waals surface area contributed by atoms with Crippen molar-refractivity contribution in [3.05, 3.63) is 54.0 Å². The van der Waals surface area contributed by atoms with Gasteiger partial charge >= 0.3 is 0 Å². The first-order valence-electron chi connectivity index (χ1n) is 8.85. The third kappa shape index (κ3) is 3.64. The van der Waals surface area contributed by atoms with Crippen LogP contribution in [0.4, 0.5) is 4.39 Å². The van der Waals surface area contributed by atoms with Crippen LogP contribution in [-0.4, -0.2) is 53.5 Å². The number of hydrogen-bond donors (Lipinski definition) is 0. The number of aryl methyl sites for hydroxylation is 1. The molecule has 1 fully saturated rings. The number of nitrogens with zero attached hydrogens (tertiary/aromatic N) is 3. The zero-order valence-corrected chi connectivity index (χ0v) is 15.0.